The van der Waals surface area contributed by atoms with E-state index < -0.39 is 0 Å². The molecule has 1 rings (SSSR count). The summed E-state index contributed by atoms with van der Waals surface area (Å²) in [6, 6.07) is 0. The molecule has 1 aliphatic heterocycles. The third-order valence-corrected chi connectivity index (χ3v) is 1.14. The molecule has 1 saturated heterocycles. The molecule has 1 aliphatic rings. The fraction of sp³-hybridized carbons (Fsp3) is 1.00. The zero-order valence-corrected chi connectivity index (χ0v) is 4.59. The molecule has 0 spiro atoms. The Labute approximate surface area is 48.0 Å². The Kier molecular flexibility index (Phi) is 2.23. The standard InChI is InChI=1S/C4H9N2O2/c7-5-6-1-3-8-4-2-6/h5H,1-4H2/q-1. The van der Waals surface area contributed by atoms with Crippen LogP contribution < -0.4 is 5.59 Å². The highest BCUT2D eigenvalue weighted by molar-refractivity contribution is 4.55. The number of rotatable bonds is 1. The zero-order valence-electron chi connectivity index (χ0n) is 4.59. The van der Waals surface area contributed by atoms with Crippen LogP contribution in [0.25, 0.3) is 0 Å². The Hall–Kier alpha value is -0.160. The van der Waals surface area contributed by atoms with E-state index in [0.29, 0.717) is 26.3 Å². The first-order chi connectivity index (χ1) is 3.93. The smallest absolute Gasteiger partial charge is 0.0607 e. The van der Waals surface area contributed by atoms with Gasteiger partial charge in [0.25, 0.3) is 0 Å². The Bertz CT molecular complexity index is 63.1. The molecule has 0 radical (unpaired) electrons. The quantitative estimate of drug-likeness (QED) is 0.462. The van der Waals surface area contributed by atoms with Crippen molar-refractivity contribution < 1.29 is 4.74 Å². The summed E-state index contributed by atoms with van der Waals surface area (Å²) in [6.07, 6.45) is 0. The highest BCUT2D eigenvalue weighted by Gasteiger charge is 2.04. The molecule has 8 heavy (non-hydrogen) atoms. The Morgan fingerprint density at radius 3 is 2.38 bits per heavy atom. The minimum atomic E-state index is 0.662. The lowest BCUT2D eigenvalue weighted by Gasteiger charge is -2.29. The minimum Gasteiger partial charge on any atom is -0.774 e. The molecule has 0 aliphatic carbocycles. The van der Waals surface area contributed by atoms with Gasteiger partial charge < -0.3 is 15.5 Å². The molecule has 0 atom stereocenters. The van der Waals surface area contributed by atoms with Crippen LogP contribution in [0.5, 0.6) is 0 Å². The van der Waals surface area contributed by atoms with Crippen molar-refractivity contribution in [2.75, 3.05) is 26.3 Å². The first-order valence-corrected chi connectivity index (χ1v) is 2.64. The molecule has 0 unspecified atom stereocenters. The van der Waals surface area contributed by atoms with E-state index in [0.717, 1.165) is 0 Å². The molecule has 0 aromatic heterocycles. The second-order valence-electron chi connectivity index (χ2n) is 1.69. The maximum Gasteiger partial charge on any atom is 0.0607 e. The lowest BCUT2D eigenvalue weighted by Crippen LogP contribution is -2.42. The molecule has 1 N–H and O–H groups in total. The normalized spacial score (nSPS) is 23.6. The second kappa shape index (κ2) is 2.99. The summed E-state index contributed by atoms with van der Waals surface area (Å²) in [5, 5.41) is 11.5. The molecule has 1 fully saturated rings. The Morgan fingerprint density at radius 1 is 1.38 bits per heavy atom. The summed E-state index contributed by atoms with van der Waals surface area (Å²) in [5.41, 5.74) is 1.81. The number of nitrogens with one attached hydrogen (secondary N) is 1. The van der Waals surface area contributed by atoms with E-state index in [1.165, 1.54) is 0 Å². The first kappa shape index (κ1) is 5.97. The van der Waals surface area contributed by atoms with Crippen LogP contribution in [-0.4, -0.2) is 31.3 Å². The van der Waals surface area contributed by atoms with Crippen molar-refractivity contribution in [1.29, 1.82) is 0 Å². The number of morpholine rings is 1. The van der Waals surface area contributed by atoms with E-state index in [-0.39, 0.29) is 0 Å². The van der Waals surface area contributed by atoms with Gasteiger partial charge in [-0.15, -0.1) is 0 Å². The molecule has 1 heterocycles. The maximum absolute atomic E-state index is 9.91. The van der Waals surface area contributed by atoms with Gasteiger partial charge in [-0.05, 0) is 0 Å². The van der Waals surface area contributed by atoms with Gasteiger partial charge in [0, 0.05) is 13.1 Å². The topological polar surface area (TPSA) is 47.6 Å². The highest BCUT2D eigenvalue weighted by atomic mass is 16.5. The monoisotopic (exact) mass is 117 g/mol. The average molecular weight is 117 g/mol. The van der Waals surface area contributed by atoms with E-state index >= 15 is 0 Å². The van der Waals surface area contributed by atoms with Gasteiger partial charge in [0.05, 0.1) is 13.2 Å². The third-order valence-electron chi connectivity index (χ3n) is 1.14. The molecule has 0 bridgehead atoms. The summed E-state index contributed by atoms with van der Waals surface area (Å²) in [6.45, 7) is 2.72. The predicted octanol–water partition coefficient (Wildman–Crippen LogP) is -0.679. The molecular formula is C4H9N2O2-. The van der Waals surface area contributed by atoms with Crippen molar-refractivity contribution in [1.82, 2.24) is 10.6 Å². The fourth-order valence-electron chi connectivity index (χ4n) is 0.655. The van der Waals surface area contributed by atoms with Gasteiger partial charge in [0.1, 0.15) is 0 Å². The second-order valence-corrected chi connectivity index (χ2v) is 1.69. The maximum atomic E-state index is 9.91. The van der Waals surface area contributed by atoms with Crippen LogP contribution in [0.15, 0.2) is 0 Å². The molecule has 0 aromatic rings. The van der Waals surface area contributed by atoms with E-state index in [9.17, 15) is 5.21 Å². The number of nitrogens with zero attached hydrogens (tertiary/aromatic N) is 1. The van der Waals surface area contributed by atoms with Crippen molar-refractivity contribution in [2.45, 2.75) is 0 Å². The summed E-state index contributed by atoms with van der Waals surface area (Å²) in [5.74, 6) is 0. The van der Waals surface area contributed by atoms with Crippen LogP contribution in [0.2, 0.25) is 0 Å². The van der Waals surface area contributed by atoms with Crippen molar-refractivity contribution in [2.24, 2.45) is 0 Å². The SMILES string of the molecule is [O-]NN1CCOCC1. The average Bonchev–Trinajstić information content (AvgIpc) is 1.90. The molecule has 0 aromatic carbocycles. The first-order valence-electron chi connectivity index (χ1n) is 2.64. The van der Waals surface area contributed by atoms with Crippen LogP contribution in [0.4, 0.5) is 0 Å². The largest absolute Gasteiger partial charge is 0.774 e. The van der Waals surface area contributed by atoms with Gasteiger partial charge in [0.2, 0.25) is 0 Å². The van der Waals surface area contributed by atoms with Crippen molar-refractivity contribution in [3.05, 3.63) is 5.21 Å². The van der Waals surface area contributed by atoms with E-state index in [1.54, 1.807) is 5.01 Å². The summed E-state index contributed by atoms with van der Waals surface area (Å²) in [4.78, 5) is 0. The lowest BCUT2D eigenvalue weighted by atomic mass is 10.5. The van der Waals surface area contributed by atoms with Crippen molar-refractivity contribution in [3.8, 4) is 0 Å². The lowest BCUT2D eigenvalue weighted by molar-refractivity contribution is 0.0211. The van der Waals surface area contributed by atoms with Crippen LogP contribution in [-0.2, 0) is 4.74 Å². The molecule has 0 saturated carbocycles. The van der Waals surface area contributed by atoms with Crippen molar-refractivity contribution in [3.63, 3.8) is 0 Å². The third kappa shape index (κ3) is 1.41. The fourth-order valence-corrected chi connectivity index (χ4v) is 0.655. The summed E-state index contributed by atoms with van der Waals surface area (Å²) >= 11 is 0. The molecule has 48 valence electrons. The van der Waals surface area contributed by atoms with Gasteiger partial charge in [-0.1, -0.05) is 0 Å². The highest BCUT2D eigenvalue weighted by Crippen LogP contribution is 1.89. The van der Waals surface area contributed by atoms with Crippen molar-refractivity contribution >= 4 is 0 Å². The van der Waals surface area contributed by atoms with Gasteiger partial charge in [-0.25, -0.2) is 0 Å². The predicted molar refractivity (Wildman–Crippen MR) is 28.9 cm³/mol. The summed E-state index contributed by atoms with van der Waals surface area (Å²) in [7, 11) is 0. The molecular weight excluding hydrogens is 108 g/mol. The Balaban J connectivity index is 2.13. The van der Waals surface area contributed by atoms with E-state index in [4.69, 9.17) is 4.74 Å². The molecule has 4 heteroatoms. The van der Waals surface area contributed by atoms with Crippen LogP contribution in [0, 0.1) is 5.21 Å². The number of hydrogen-bond acceptors (Lipinski definition) is 4. The number of hydrogen-bond donors (Lipinski definition) is 1. The van der Waals surface area contributed by atoms with Gasteiger partial charge in [-0.2, -0.15) is 0 Å². The molecule has 4 nitrogen and oxygen atoms in total. The van der Waals surface area contributed by atoms with Crippen LogP contribution in [0.3, 0.4) is 0 Å². The van der Waals surface area contributed by atoms with Gasteiger partial charge >= 0.3 is 0 Å². The van der Waals surface area contributed by atoms with E-state index in [1.807, 2.05) is 5.59 Å². The van der Waals surface area contributed by atoms with Crippen LogP contribution >= 0.6 is 0 Å². The van der Waals surface area contributed by atoms with Crippen LogP contribution in [0.1, 0.15) is 0 Å². The molecule has 0 amide bonds. The summed E-state index contributed by atoms with van der Waals surface area (Å²) < 4.78 is 4.98. The van der Waals surface area contributed by atoms with Gasteiger partial charge in [-0.3, -0.25) is 5.01 Å². The van der Waals surface area contributed by atoms with Gasteiger partial charge in [0.15, 0.2) is 0 Å². The van der Waals surface area contributed by atoms with E-state index in [2.05, 4.69) is 0 Å². The Morgan fingerprint density at radius 2 is 2.00 bits per heavy atom. The zero-order chi connectivity index (χ0) is 5.82. The number of hydrazine groups is 1. The minimum absolute atomic E-state index is 0.662. The number of ether oxygens (including phenoxy) is 1.